The van der Waals surface area contributed by atoms with Crippen LogP contribution in [0.25, 0.3) is 0 Å². The van der Waals surface area contributed by atoms with Gasteiger partial charge >= 0.3 is 0 Å². The quantitative estimate of drug-likeness (QED) is 0.835. The van der Waals surface area contributed by atoms with Crippen LogP contribution in [0.2, 0.25) is 0 Å². The molecule has 0 aliphatic rings. The van der Waals surface area contributed by atoms with Crippen LogP contribution in [0.1, 0.15) is 12.5 Å². The van der Waals surface area contributed by atoms with E-state index in [1.165, 1.54) is 0 Å². The van der Waals surface area contributed by atoms with Gasteiger partial charge in [0.05, 0.1) is 29.9 Å². The molecule has 0 spiro atoms. The van der Waals surface area contributed by atoms with Crippen molar-refractivity contribution in [3.05, 3.63) is 17.7 Å². The highest BCUT2D eigenvalue weighted by atomic mass is 32.2. The number of ether oxygens (including phenoxy) is 2. The Hall–Kier alpha value is -1.07. The van der Waals surface area contributed by atoms with Gasteiger partial charge in [-0.25, -0.2) is 0 Å². The van der Waals surface area contributed by atoms with Crippen LogP contribution >= 0.6 is 0 Å². The summed E-state index contributed by atoms with van der Waals surface area (Å²) in [6.07, 6.45) is 0.707. The third kappa shape index (κ3) is 3.20. The van der Waals surface area contributed by atoms with Crippen LogP contribution in [-0.4, -0.2) is 30.7 Å². The second-order valence-corrected chi connectivity index (χ2v) is 5.20. The molecule has 96 valence electrons. The van der Waals surface area contributed by atoms with E-state index in [1.54, 1.807) is 20.3 Å². The van der Waals surface area contributed by atoms with Gasteiger partial charge in [-0.2, -0.15) is 0 Å². The summed E-state index contributed by atoms with van der Waals surface area (Å²) in [5.41, 5.74) is 6.52. The average Bonchev–Trinajstić information content (AvgIpc) is 2.37. The molecule has 0 amide bonds. The third-order valence-corrected chi connectivity index (χ3v) is 3.82. The standard InChI is InChI=1S/C12H19NO3S/c1-4-17(14)12-8-10(15-2)9(5-6-13)7-11(12)16-3/h7-8H,4-6,13H2,1-3H3. The minimum atomic E-state index is -1.06. The number of hydrogen-bond donors (Lipinski definition) is 1. The lowest BCUT2D eigenvalue weighted by Gasteiger charge is -2.13. The number of benzene rings is 1. The Morgan fingerprint density at radius 2 is 1.88 bits per heavy atom. The van der Waals surface area contributed by atoms with Gasteiger partial charge in [0.25, 0.3) is 0 Å². The second kappa shape index (κ2) is 6.61. The first-order valence-electron chi connectivity index (χ1n) is 5.51. The molecule has 1 aromatic rings. The zero-order valence-electron chi connectivity index (χ0n) is 10.5. The van der Waals surface area contributed by atoms with Gasteiger partial charge in [-0.3, -0.25) is 4.21 Å². The van der Waals surface area contributed by atoms with Crippen LogP contribution in [0.15, 0.2) is 17.0 Å². The minimum Gasteiger partial charge on any atom is -0.496 e. The maximum Gasteiger partial charge on any atom is 0.135 e. The fourth-order valence-electron chi connectivity index (χ4n) is 1.62. The van der Waals surface area contributed by atoms with Gasteiger partial charge in [0.2, 0.25) is 0 Å². The van der Waals surface area contributed by atoms with Crippen molar-refractivity contribution in [3.63, 3.8) is 0 Å². The van der Waals surface area contributed by atoms with Crippen molar-refractivity contribution in [2.24, 2.45) is 5.73 Å². The van der Waals surface area contributed by atoms with Crippen LogP contribution in [0.3, 0.4) is 0 Å². The molecule has 4 nitrogen and oxygen atoms in total. The van der Waals surface area contributed by atoms with E-state index in [-0.39, 0.29) is 0 Å². The highest BCUT2D eigenvalue weighted by Crippen LogP contribution is 2.31. The molecule has 2 N–H and O–H groups in total. The SMILES string of the molecule is CCS(=O)c1cc(OC)c(CCN)cc1OC. The predicted octanol–water partition coefficient (Wildman–Crippen LogP) is 1.33. The van der Waals surface area contributed by atoms with E-state index in [9.17, 15) is 4.21 Å². The molecular weight excluding hydrogens is 238 g/mol. The largest absolute Gasteiger partial charge is 0.496 e. The smallest absolute Gasteiger partial charge is 0.135 e. The van der Waals surface area contributed by atoms with Crippen molar-refractivity contribution in [1.82, 2.24) is 0 Å². The minimum absolute atomic E-state index is 0.537. The third-order valence-electron chi connectivity index (χ3n) is 2.49. The van der Waals surface area contributed by atoms with E-state index in [0.717, 1.165) is 5.56 Å². The van der Waals surface area contributed by atoms with Gasteiger partial charge in [-0.05, 0) is 24.6 Å². The summed E-state index contributed by atoms with van der Waals surface area (Å²) in [6, 6.07) is 3.64. The van der Waals surface area contributed by atoms with Crippen LogP contribution in [0.5, 0.6) is 11.5 Å². The summed E-state index contributed by atoms with van der Waals surface area (Å²) in [5.74, 6) is 1.90. The molecule has 0 radical (unpaired) electrons. The summed E-state index contributed by atoms with van der Waals surface area (Å²) < 4.78 is 22.4. The molecule has 0 bridgehead atoms. The monoisotopic (exact) mass is 257 g/mol. The maximum absolute atomic E-state index is 11.9. The van der Waals surface area contributed by atoms with Gasteiger partial charge in [0, 0.05) is 11.8 Å². The van der Waals surface area contributed by atoms with Crippen molar-refractivity contribution in [2.75, 3.05) is 26.5 Å². The lowest BCUT2D eigenvalue weighted by atomic mass is 10.1. The molecule has 0 aliphatic carbocycles. The van der Waals surface area contributed by atoms with Gasteiger partial charge in [0.15, 0.2) is 0 Å². The Labute approximate surface area is 105 Å². The zero-order valence-corrected chi connectivity index (χ0v) is 11.3. The van der Waals surface area contributed by atoms with Crippen molar-refractivity contribution < 1.29 is 13.7 Å². The van der Waals surface area contributed by atoms with Crippen LogP contribution in [0, 0.1) is 0 Å². The Bertz CT molecular complexity index is 407. The van der Waals surface area contributed by atoms with Crippen molar-refractivity contribution >= 4 is 10.8 Å². The zero-order chi connectivity index (χ0) is 12.8. The van der Waals surface area contributed by atoms with Crippen LogP contribution < -0.4 is 15.2 Å². The predicted molar refractivity (Wildman–Crippen MR) is 69.3 cm³/mol. The molecule has 1 atom stereocenters. The summed E-state index contributed by atoms with van der Waals surface area (Å²) in [7, 11) is 2.11. The van der Waals surface area contributed by atoms with Crippen molar-refractivity contribution in [2.45, 2.75) is 18.2 Å². The van der Waals surface area contributed by atoms with Gasteiger partial charge < -0.3 is 15.2 Å². The molecule has 1 unspecified atom stereocenters. The Morgan fingerprint density at radius 3 is 2.35 bits per heavy atom. The highest BCUT2D eigenvalue weighted by molar-refractivity contribution is 7.85. The molecule has 0 aromatic heterocycles. The van der Waals surface area contributed by atoms with Crippen LogP contribution in [0.4, 0.5) is 0 Å². The number of hydrogen-bond acceptors (Lipinski definition) is 4. The first-order valence-corrected chi connectivity index (χ1v) is 6.83. The van der Waals surface area contributed by atoms with Crippen molar-refractivity contribution in [1.29, 1.82) is 0 Å². The summed E-state index contributed by atoms with van der Waals surface area (Å²) in [4.78, 5) is 0.674. The first kappa shape index (κ1) is 14.0. The molecule has 17 heavy (non-hydrogen) atoms. The molecule has 5 heteroatoms. The van der Waals surface area contributed by atoms with Gasteiger partial charge in [-0.1, -0.05) is 6.92 Å². The number of nitrogens with two attached hydrogens (primary N) is 1. The van der Waals surface area contributed by atoms with E-state index in [2.05, 4.69) is 0 Å². The van der Waals surface area contributed by atoms with Crippen LogP contribution in [-0.2, 0) is 17.2 Å². The fraction of sp³-hybridized carbons (Fsp3) is 0.500. The van der Waals surface area contributed by atoms with E-state index in [1.807, 2.05) is 13.0 Å². The molecule has 0 aliphatic heterocycles. The highest BCUT2D eigenvalue weighted by Gasteiger charge is 2.14. The lowest BCUT2D eigenvalue weighted by molar-refractivity contribution is 0.390. The Morgan fingerprint density at radius 1 is 1.24 bits per heavy atom. The number of methoxy groups -OCH3 is 2. The summed E-state index contributed by atoms with van der Waals surface area (Å²) in [5, 5.41) is 0. The topological polar surface area (TPSA) is 61.5 Å². The average molecular weight is 257 g/mol. The maximum atomic E-state index is 11.9. The van der Waals surface area contributed by atoms with Gasteiger partial charge in [0.1, 0.15) is 11.5 Å². The Balaban J connectivity index is 3.27. The van der Waals surface area contributed by atoms with E-state index in [0.29, 0.717) is 35.1 Å². The molecular formula is C12H19NO3S. The van der Waals surface area contributed by atoms with E-state index < -0.39 is 10.8 Å². The molecule has 1 rings (SSSR count). The van der Waals surface area contributed by atoms with E-state index in [4.69, 9.17) is 15.2 Å². The molecule has 0 fully saturated rings. The fourth-order valence-corrected chi connectivity index (χ4v) is 2.53. The molecule has 0 heterocycles. The first-order chi connectivity index (χ1) is 8.17. The summed E-state index contributed by atoms with van der Waals surface area (Å²) >= 11 is 0. The van der Waals surface area contributed by atoms with Crippen molar-refractivity contribution in [3.8, 4) is 11.5 Å². The second-order valence-electron chi connectivity index (χ2n) is 3.49. The molecule has 0 saturated heterocycles. The number of rotatable bonds is 6. The van der Waals surface area contributed by atoms with Gasteiger partial charge in [-0.15, -0.1) is 0 Å². The molecule has 1 aromatic carbocycles. The lowest BCUT2D eigenvalue weighted by Crippen LogP contribution is -2.06. The Kier molecular flexibility index (Phi) is 5.44. The summed E-state index contributed by atoms with van der Waals surface area (Å²) in [6.45, 7) is 2.41. The molecule has 0 saturated carbocycles. The van der Waals surface area contributed by atoms with E-state index >= 15 is 0 Å². The normalized spacial score (nSPS) is 12.2.